The van der Waals surface area contributed by atoms with Crippen molar-refractivity contribution < 1.29 is 9.18 Å². The lowest BCUT2D eigenvalue weighted by Crippen LogP contribution is -2.30. The van der Waals surface area contributed by atoms with Crippen molar-refractivity contribution in [2.24, 2.45) is 0 Å². The van der Waals surface area contributed by atoms with E-state index in [1.54, 1.807) is 18.2 Å². The van der Waals surface area contributed by atoms with Gasteiger partial charge in [0.25, 0.3) is 0 Å². The van der Waals surface area contributed by atoms with E-state index in [-0.39, 0.29) is 6.42 Å². The molecule has 0 saturated carbocycles. The molecule has 2 heteroatoms. The van der Waals surface area contributed by atoms with Crippen LogP contribution in [0, 0.1) is 0 Å². The average Bonchev–Trinajstić information content (AvgIpc) is 2.41. The van der Waals surface area contributed by atoms with Gasteiger partial charge in [-0.05, 0) is 24.6 Å². The van der Waals surface area contributed by atoms with Gasteiger partial charge in [0, 0.05) is 6.42 Å². The number of carbonyl (C=O) groups excluding carboxylic acids is 1. The van der Waals surface area contributed by atoms with Crippen molar-refractivity contribution in [3.05, 3.63) is 65.8 Å². The molecule has 0 aromatic heterocycles. The van der Waals surface area contributed by atoms with Gasteiger partial charge < -0.3 is 0 Å². The Morgan fingerprint density at radius 1 is 1.33 bits per heavy atom. The fourth-order valence-electron chi connectivity index (χ4n) is 1.77. The van der Waals surface area contributed by atoms with Crippen molar-refractivity contribution in [2.45, 2.75) is 19.0 Å². The van der Waals surface area contributed by atoms with Gasteiger partial charge in [0.05, 0.1) is 0 Å². The van der Waals surface area contributed by atoms with Crippen molar-refractivity contribution in [3.8, 4) is 0 Å². The van der Waals surface area contributed by atoms with Gasteiger partial charge in [-0.2, -0.15) is 0 Å². The second-order valence-electron chi connectivity index (χ2n) is 4.46. The van der Waals surface area contributed by atoms with E-state index in [0.717, 1.165) is 11.1 Å². The van der Waals surface area contributed by atoms with Crippen LogP contribution >= 0.6 is 0 Å². The van der Waals surface area contributed by atoms with Gasteiger partial charge in [0.1, 0.15) is 0 Å². The Bertz CT molecular complexity index is 525. The normalized spacial score (nSPS) is 23.1. The topological polar surface area (TPSA) is 17.1 Å². The van der Waals surface area contributed by atoms with Gasteiger partial charge >= 0.3 is 0 Å². The molecule has 1 aliphatic rings. The number of hydrogen-bond acceptors (Lipinski definition) is 1. The molecule has 0 radical (unpaired) electrons. The van der Waals surface area contributed by atoms with Gasteiger partial charge in [0.2, 0.25) is 0 Å². The van der Waals surface area contributed by atoms with E-state index < -0.39 is 11.5 Å². The minimum Gasteiger partial charge on any atom is -0.291 e. The summed E-state index contributed by atoms with van der Waals surface area (Å²) in [7, 11) is 0. The lowest BCUT2D eigenvalue weighted by Gasteiger charge is -2.20. The lowest BCUT2D eigenvalue weighted by atomic mass is 9.90. The summed E-state index contributed by atoms with van der Waals surface area (Å²) < 4.78 is 14.3. The van der Waals surface area contributed by atoms with Crippen LogP contribution in [0.1, 0.15) is 18.9 Å². The first kappa shape index (κ1) is 12.5. The van der Waals surface area contributed by atoms with Crippen LogP contribution in [0.15, 0.2) is 60.2 Å². The summed E-state index contributed by atoms with van der Waals surface area (Å²) in [5, 5.41) is 0. The first-order valence-electron chi connectivity index (χ1n) is 5.93. The minimum atomic E-state index is -1.88. The highest BCUT2D eigenvalue weighted by molar-refractivity contribution is 6.01. The van der Waals surface area contributed by atoms with E-state index >= 15 is 0 Å². The van der Waals surface area contributed by atoms with Crippen LogP contribution in [-0.4, -0.2) is 11.5 Å². The number of carbonyl (C=O) groups is 1. The molecule has 0 N–H and O–H groups in total. The van der Waals surface area contributed by atoms with E-state index in [0.29, 0.717) is 0 Å². The van der Waals surface area contributed by atoms with Crippen molar-refractivity contribution in [2.75, 3.05) is 0 Å². The predicted octanol–water partition coefficient (Wildman–Crippen LogP) is 3.88. The average molecular weight is 242 g/mol. The van der Waals surface area contributed by atoms with E-state index in [2.05, 4.69) is 0 Å². The monoisotopic (exact) mass is 242 g/mol. The fraction of sp³-hybridized carbons (Fsp3) is 0.188. The van der Waals surface area contributed by atoms with Gasteiger partial charge in [-0.15, -0.1) is 0 Å². The Kier molecular flexibility index (Phi) is 3.56. The number of rotatable bonds is 3. The fourth-order valence-corrected chi connectivity index (χ4v) is 1.77. The number of alkyl halides is 1. The maximum atomic E-state index is 14.3. The maximum absolute atomic E-state index is 14.3. The molecule has 0 heterocycles. The third-order valence-corrected chi connectivity index (χ3v) is 2.97. The van der Waals surface area contributed by atoms with Gasteiger partial charge in [-0.3, -0.25) is 4.79 Å². The number of ketones is 1. The first-order valence-corrected chi connectivity index (χ1v) is 5.93. The van der Waals surface area contributed by atoms with Crippen molar-refractivity contribution in [1.29, 1.82) is 0 Å². The molecule has 1 aliphatic carbocycles. The number of benzene rings is 1. The van der Waals surface area contributed by atoms with Crippen molar-refractivity contribution in [1.82, 2.24) is 0 Å². The highest BCUT2D eigenvalue weighted by atomic mass is 19.1. The van der Waals surface area contributed by atoms with Crippen LogP contribution in [0.3, 0.4) is 0 Å². The van der Waals surface area contributed by atoms with E-state index in [1.807, 2.05) is 37.3 Å². The molecule has 0 aliphatic heterocycles. The minimum absolute atomic E-state index is 0.118. The second kappa shape index (κ2) is 5.13. The van der Waals surface area contributed by atoms with Crippen molar-refractivity contribution in [3.63, 3.8) is 0 Å². The first-order chi connectivity index (χ1) is 8.60. The van der Waals surface area contributed by atoms with Gasteiger partial charge in [-0.1, -0.05) is 54.1 Å². The molecule has 1 aromatic rings. The van der Waals surface area contributed by atoms with E-state index in [4.69, 9.17) is 0 Å². The van der Waals surface area contributed by atoms with Crippen LogP contribution in [0.5, 0.6) is 0 Å². The van der Waals surface area contributed by atoms with Gasteiger partial charge in [0.15, 0.2) is 11.5 Å². The zero-order valence-electron chi connectivity index (χ0n) is 10.3. The van der Waals surface area contributed by atoms with Crippen LogP contribution < -0.4 is 0 Å². The van der Waals surface area contributed by atoms with Crippen LogP contribution in [0.4, 0.5) is 4.39 Å². The summed E-state index contributed by atoms with van der Waals surface area (Å²) in [6.45, 7) is 1.89. The molecule has 0 fully saturated rings. The quantitative estimate of drug-likeness (QED) is 0.735. The molecule has 2 rings (SSSR count). The molecule has 1 nitrogen and oxygen atoms in total. The Morgan fingerprint density at radius 2 is 2.06 bits per heavy atom. The largest absolute Gasteiger partial charge is 0.291 e. The lowest BCUT2D eigenvalue weighted by molar-refractivity contribution is -0.122. The molecular formula is C16H15FO. The molecule has 92 valence electrons. The summed E-state index contributed by atoms with van der Waals surface area (Å²) >= 11 is 0. The molecule has 0 bridgehead atoms. The zero-order valence-corrected chi connectivity index (χ0v) is 10.3. The Balaban J connectivity index is 2.09. The smallest absolute Gasteiger partial charge is 0.197 e. The molecule has 0 spiro atoms. The Hall–Kier alpha value is -1.96. The SMILES string of the molecule is CC1=CCC(F)(C(=O)C=Cc2ccccc2)C=C1. The van der Waals surface area contributed by atoms with Gasteiger partial charge in [-0.25, -0.2) is 4.39 Å². The van der Waals surface area contributed by atoms with Crippen molar-refractivity contribution >= 4 is 11.9 Å². The standard InChI is InChI=1S/C16H15FO/c1-13-9-11-16(17,12-10-13)15(18)8-7-14-5-3-2-4-6-14/h2-11H,12H2,1H3. The molecule has 0 amide bonds. The van der Waals surface area contributed by atoms with E-state index in [9.17, 15) is 9.18 Å². The summed E-state index contributed by atoms with van der Waals surface area (Å²) in [6, 6.07) is 9.39. The predicted molar refractivity (Wildman–Crippen MR) is 71.8 cm³/mol. The maximum Gasteiger partial charge on any atom is 0.197 e. The number of allylic oxidation sites excluding steroid dienone is 5. The molecule has 0 saturated heterocycles. The third kappa shape index (κ3) is 2.83. The van der Waals surface area contributed by atoms with E-state index in [1.165, 1.54) is 12.2 Å². The third-order valence-electron chi connectivity index (χ3n) is 2.97. The van der Waals surface area contributed by atoms with Crippen LogP contribution in [0.2, 0.25) is 0 Å². The molecule has 1 unspecified atom stereocenters. The summed E-state index contributed by atoms with van der Waals surface area (Å²) in [6.07, 6.45) is 7.82. The summed E-state index contributed by atoms with van der Waals surface area (Å²) in [5.74, 6) is -0.508. The summed E-state index contributed by atoms with van der Waals surface area (Å²) in [4.78, 5) is 11.9. The molecule has 1 aromatic carbocycles. The molecular weight excluding hydrogens is 227 g/mol. The Morgan fingerprint density at radius 3 is 2.67 bits per heavy atom. The second-order valence-corrected chi connectivity index (χ2v) is 4.46. The highest BCUT2D eigenvalue weighted by Gasteiger charge is 2.33. The Labute approximate surface area is 106 Å². The van der Waals surface area contributed by atoms with Crippen LogP contribution in [0.25, 0.3) is 6.08 Å². The number of hydrogen-bond donors (Lipinski definition) is 0. The summed E-state index contributed by atoms with van der Waals surface area (Å²) in [5.41, 5.74) is -0.00536. The zero-order chi connectivity index (χ0) is 13.0. The molecule has 18 heavy (non-hydrogen) atoms. The van der Waals surface area contributed by atoms with Crippen LogP contribution in [-0.2, 0) is 4.79 Å². The molecule has 1 atom stereocenters. The highest BCUT2D eigenvalue weighted by Crippen LogP contribution is 2.26. The number of halogens is 1.